The maximum atomic E-state index is 12.4. The Kier molecular flexibility index (Phi) is 2.71. The van der Waals surface area contributed by atoms with Gasteiger partial charge in [0.05, 0.1) is 11.9 Å². The van der Waals surface area contributed by atoms with Gasteiger partial charge in [-0.3, -0.25) is 4.79 Å². The van der Waals surface area contributed by atoms with Crippen LogP contribution in [0.5, 0.6) is 0 Å². The molecule has 0 amide bonds. The fraction of sp³-hybridized carbons (Fsp3) is 0.188. The molecule has 110 valence electrons. The molecule has 0 N–H and O–H groups in total. The fourth-order valence-electron chi connectivity index (χ4n) is 2.69. The molecule has 0 unspecified atom stereocenters. The lowest BCUT2D eigenvalue weighted by molar-refractivity contribution is 0.873. The minimum absolute atomic E-state index is 0.0135. The smallest absolute Gasteiger partial charge is 0.258 e. The van der Waals surface area contributed by atoms with Gasteiger partial charge in [-0.25, -0.2) is 9.50 Å². The molecule has 0 aliphatic carbocycles. The number of benzene rings is 1. The van der Waals surface area contributed by atoms with Crippen LogP contribution in [0.1, 0.15) is 11.3 Å². The van der Waals surface area contributed by atoms with Gasteiger partial charge < -0.3 is 4.57 Å². The molecule has 3 heterocycles. The SMILES string of the molecule is Cc1cc(-c2nn3cc(C)nc3s2)c2ccn(C)c(=O)c2c1. The van der Waals surface area contributed by atoms with E-state index in [0.29, 0.717) is 0 Å². The highest BCUT2D eigenvalue weighted by molar-refractivity contribution is 7.19. The summed E-state index contributed by atoms with van der Waals surface area (Å²) in [5, 5.41) is 7.15. The van der Waals surface area contributed by atoms with Crippen molar-refractivity contribution >= 4 is 27.1 Å². The van der Waals surface area contributed by atoms with E-state index in [1.807, 2.05) is 32.2 Å². The van der Waals surface area contributed by atoms with Crippen molar-refractivity contribution in [3.63, 3.8) is 0 Å². The molecule has 0 saturated heterocycles. The monoisotopic (exact) mass is 310 g/mol. The lowest BCUT2D eigenvalue weighted by Gasteiger charge is -2.07. The van der Waals surface area contributed by atoms with E-state index in [0.717, 1.165) is 37.6 Å². The second-order valence-corrected chi connectivity index (χ2v) is 6.48. The zero-order chi connectivity index (χ0) is 15.4. The Morgan fingerprint density at radius 1 is 1.18 bits per heavy atom. The van der Waals surface area contributed by atoms with Crippen LogP contribution in [0.4, 0.5) is 0 Å². The van der Waals surface area contributed by atoms with E-state index in [-0.39, 0.29) is 5.56 Å². The van der Waals surface area contributed by atoms with Crippen LogP contribution in [0.15, 0.2) is 35.4 Å². The molecular weight excluding hydrogens is 296 g/mol. The third-order valence-corrected chi connectivity index (χ3v) is 4.69. The Bertz CT molecular complexity index is 1060. The van der Waals surface area contributed by atoms with Crippen molar-refractivity contribution < 1.29 is 0 Å². The molecule has 0 bridgehead atoms. The molecule has 0 atom stereocenters. The van der Waals surface area contributed by atoms with Crippen LogP contribution in [-0.2, 0) is 7.05 Å². The predicted molar refractivity (Wildman–Crippen MR) is 88.5 cm³/mol. The van der Waals surface area contributed by atoms with E-state index in [1.165, 1.54) is 11.3 Å². The number of imidazole rings is 1. The Balaban J connectivity index is 2.06. The molecule has 6 heteroatoms. The minimum Gasteiger partial charge on any atom is -0.318 e. The van der Waals surface area contributed by atoms with E-state index in [9.17, 15) is 4.79 Å². The summed E-state index contributed by atoms with van der Waals surface area (Å²) in [6.07, 6.45) is 3.71. The van der Waals surface area contributed by atoms with Crippen LogP contribution in [-0.4, -0.2) is 19.2 Å². The molecule has 3 aromatic heterocycles. The quantitative estimate of drug-likeness (QED) is 0.543. The van der Waals surface area contributed by atoms with E-state index in [4.69, 9.17) is 0 Å². The van der Waals surface area contributed by atoms with Gasteiger partial charge in [-0.05, 0) is 43.0 Å². The highest BCUT2D eigenvalue weighted by Gasteiger charge is 2.13. The molecule has 4 aromatic rings. The van der Waals surface area contributed by atoms with Gasteiger partial charge in [-0.15, -0.1) is 0 Å². The highest BCUT2D eigenvalue weighted by atomic mass is 32.1. The first-order chi connectivity index (χ1) is 10.5. The van der Waals surface area contributed by atoms with Gasteiger partial charge in [0.15, 0.2) is 0 Å². The first-order valence-electron chi connectivity index (χ1n) is 6.96. The average molecular weight is 310 g/mol. The standard InChI is InChI=1S/C16H14N4OS/c1-9-6-12(11-4-5-19(3)15(21)13(11)7-9)14-18-20-8-10(2)17-16(20)22-14/h4-8H,1-3H3. The van der Waals surface area contributed by atoms with Crippen molar-refractivity contribution in [2.75, 3.05) is 0 Å². The Morgan fingerprint density at radius 2 is 2.00 bits per heavy atom. The van der Waals surface area contributed by atoms with Gasteiger partial charge in [-0.1, -0.05) is 11.3 Å². The number of hydrogen-bond acceptors (Lipinski definition) is 4. The summed E-state index contributed by atoms with van der Waals surface area (Å²) in [7, 11) is 1.77. The van der Waals surface area contributed by atoms with Crippen molar-refractivity contribution in [3.05, 3.63) is 52.2 Å². The topological polar surface area (TPSA) is 52.2 Å². The molecule has 0 radical (unpaired) electrons. The molecular formula is C16H14N4OS. The first-order valence-corrected chi connectivity index (χ1v) is 7.78. The summed E-state index contributed by atoms with van der Waals surface area (Å²) in [6.45, 7) is 3.95. The van der Waals surface area contributed by atoms with E-state index in [1.54, 1.807) is 22.3 Å². The van der Waals surface area contributed by atoms with Gasteiger partial charge in [0, 0.05) is 24.2 Å². The first kappa shape index (κ1) is 13.2. The zero-order valence-electron chi connectivity index (χ0n) is 12.5. The molecule has 1 aromatic carbocycles. The summed E-state index contributed by atoms with van der Waals surface area (Å²) in [6, 6.07) is 5.98. The zero-order valence-corrected chi connectivity index (χ0v) is 13.3. The second-order valence-electron chi connectivity index (χ2n) is 5.52. The number of aromatic nitrogens is 4. The Hall–Kier alpha value is -2.47. The highest BCUT2D eigenvalue weighted by Crippen LogP contribution is 2.31. The molecule has 5 nitrogen and oxygen atoms in total. The molecule has 0 spiro atoms. The summed E-state index contributed by atoms with van der Waals surface area (Å²) in [5.41, 5.74) is 3.00. The third-order valence-electron chi connectivity index (χ3n) is 3.73. The summed E-state index contributed by atoms with van der Waals surface area (Å²) < 4.78 is 3.40. The van der Waals surface area contributed by atoms with Gasteiger partial charge in [-0.2, -0.15) is 5.10 Å². The van der Waals surface area contributed by atoms with Crippen LogP contribution >= 0.6 is 11.3 Å². The largest absolute Gasteiger partial charge is 0.318 e. The van der Waals surface area contributed by atoms with E-state index < -0.39 is 0 Å². The van der Waals surface area contributed by atoms with Crippen molar-refractivity contribution in [1.29, 1.82) is 0 Å². The van der Waals surface area contributed by atoms with Crippen molar-refractivity contribution in [3.8, 4) is 10.6 Å². The summed E-state index contributed by atoms with van der Waals surface area (Å²) in [5.74, 6) is 0. The number of nitrogens with zero attached hydrogens (tertiary/aromatic N) is 4. The summed E-state index contributed by atoms with van der Waals surface area (Å²) >= 11 is 1.54. The van der Waals surface area contributed by atoms with Crippen molar-refractivity contribution in [1.82, 2.24) is 19.2 Å². The van der Waals surface area contributed by atoms with Crippen LogP contribution in [0.2, 0.25) is 0 Å². The van der Waals surface area contributed by atoms with Crippen molar-refractivity contribution in [2.45, 2.75) is 13.8 Å². The fourth-order valence-corrected chi connectivity index (χ4v) is 3.65. The Morgan fingerprint density at radius 3 is 2.77 bits per heavy atom. The van der Waals surface area contributed by atoms with Crippen molar-refractivity contribution in [2.24, 2.45) is 7.05 Å². The Labute approximate surface area is 130 Å². The minimum atomic E-state index is 0.0135. The maximum Gasteiger partial charge on any atom is 0.258 e. The van der Waals surface area contributed by atoms with Crippen LogP contribution in [0, 0.1) is 13.8 Å². The molecule has 0 fully saturated rings. The lowest BCUT2D eigenvalue weighted by Crippen LogP contribution is -2.15. The second kappa shape index (κ2) is 4.51. The number of rotatable bonds is 1. The lowest BCUT2D eigenvalue weighted by atomic mass is 10.0. The van der Waals surface area contributed by atoms with Gasteiger partial charge in [0.25, 0.3) is 5.56 Å². The molecule has 0 aliphatic rings. The predicted octanol–water partition coefficient (Wildman–Crippen LogP) is 2.93. The summed E-state index contributed by atoms with van der Waals surface area (Å²) in [4.78, 5) is 17.7. The maximum absolute atomic E-state index is 12.4. The van der Waals surface area contributed by atoms with E-state index in [2.05, 4.69) is 16.1 Å². The van der Waals surface area contributed by atoms with Gasteiger partial charge in [0.1, 0.15) is 5.01 Å². The average Bonchev–Trinajstić information content (AvgIpc) is 2.99. The van der Waals surface area contributed by atoms with Crippen LogP contribution in [0.25, 0.3) is 26.3 Å². The van der Waals surface area contributed by atoms with E-state index >= 15 is 0 Å². The number of aryl methyl sites for hydroxylation is 3. The number of hydrogen-bond donors (Lipinski definition) is 0. The molecule has 0 aliphatic heterocycles. The van der Waals surface area contributed by atoms with Crippen LogP contribution < -0.4 is 5.56 Å². The number of pyridine rings is 1. The van der Waals surface area contributed by atoms with Gasteiger partial charge in [0.2, 0.25) is 4.96 Å². The number of fused-ring (bicyclic) bond motifs is 2. The molecule has 0 saturated carbocycles. The molecule has 4 rings (SSSR count). The van der Waals surface area contributed by atoms with Gasteiger partial charge >= 0.3 is 0 Å². The molecule has 22 heavy (non-hydrogen) atoms. The normalized spacial score (nSPS) is 11.6. The third kappa shape index (κ3) is 1.88. The van der Waals surface area contributed by atoms with Crippen LogP contribution in [0.3, 0.4) is 0 Å².